The predicted octanol–water partition coefficient (Wildman–Crippen LogP) is 3.19. The highest BCUT2D eigenvalue weighted by molar-refractivity contribution is 6.10. The van der Waals surface area contributed by atoms with Gasteiger partial charge in [0.1, 0.15) is 0 Å². The van der Waals surface area contributed by atoms with Crippen molar-refractivity contribution in [3.63, 3.8) is 0 Å². The molecule has 2 aliphatic rings. The van der Waals surface area contributed by atoms with Gasteiger partial charge in [0, 0.05) is 23.6 Å². The van der Waals surface area contributed by atoms with Gasteiger partial charge in [0.05, 0.1) is 23.1 Å². The molecule has 2 aliphatic heterocycles. The second-order valence-electron chi connectivity index (χ2n) is 7.27. The zero-order valence-electron chi connectivity index (χ0n) is 14.9. The highest BCUT2D eigenvalue weighted by atomic mass is 16.2. The van der Waals surface area contributed by atoms with Crippen molar-refractivity contribution in [3.05, 3.63) is 66.0 Å². The Labute approximate surface area is 147 Å². The van der Waals surface area contributed by atoms with Crippen molar-refractivity contribution >= 4 is 11.6 Å². The van der Waals surface area contributed by atoms with Gasteiger partial charge in [-0.05, 0) is 63.7 Å². The van der Waals surface area contributed by atoms with Crippen LogP contribution < -0.4 is 10.2 Å². The van der Waals surface area contributed by atoms with Crippen molar-refractivity contribution in [2.45, 2.75) is 39.2 Å². The van der Waals surface area contributed by atoms with E-state index in [1.54, 1.807) is 6.33 Å². The first-order valence-electron chi connectivity index (χ1n) is 8.52. The van der Waals surface area contributed by atoms with E-state index in [2.05, 4.69) is 35.4 Å². The summed E-state index contributed by atoms with van der Waals surface area (Å²) in [6.07, 6.45) is 9.73. The minimum atomic E-state index is -0.540. The zero-order chi connectivity index (χ0) is 17.8. The molecular formula is C20H22N4O. The molecule has 0 bridgehead atoms. The maximum Gasteiger partial charge on any atom is 0.241 e. The van der Waals surface area contributed by atoms with Crippen molar-refractivity contribution < 1.29 is 4.79 Å². The summed E-state index contributed by atoms with van der Waals surface area (Å²) in [5, 5.41) is 3.23. The molecule has 3 heterocycles. The minimum Gasteiger partial charge on any atom is -0.385 e. The van der Waals surface area contributed by atoms with E-state index in [-0.39, 0.29) is 11.9 Å². The molecule has 0 fully saturated rings. The SMILES string of the molecule is Cc1cn(-c2ccc3c(c2)N(C2=CC(C)NC=C2)C(=O)C3(C)C)cn1. The molecule has 0 aliphatic carbocycles. The highest BCUT2D eigenvalue weighted by Crippen LogP contribution is 2.44. The fourth-order valence-electron chi connectivity index (χ4n) is 3.51. The second-order valence-corrected chi connectivity index (χ2v) is 7.27. The number of anilines is 1. The van der Waals surface area contributed by atoms with Crippen molar-refractivity contribution in [1.82, 2.24) is 14.9 Å². The first-order chi connectivity index (χ1) is 11.9. The van der Waals surface area contributed by atoms with Crippen molar-refractivity contribution in [1.29, 1.82) is 0 Å². The van der Waals surface area contributed by atoms with E-state index in [1.807, 2.05) is 54.8 Å². The van der Waals surface area contributed by atoms with Crippen molar-refractivity contribution in [3.8, 4) is 5.69 Å². The number of amides is 1. The summed E-state index contributed by atoms with van der Waals surface area (Å²) in [7, 11) is 0. The first-order valence-corrected chi connectivity index (χ1v) is 8.52. The Morgan fingerprint density at radius 1 is 1.28 bits per heavy atom. The summed E-state index contributed by atoms with van der Waals surface area (Å²) in [6.45, 7) is 8.02. The standard InChI is InChI=1S/C20H22N4O/c1-13-9-16(7-8-21-13)24-18-10-15(23-11-14(2)22-12-23)5-6-17(18)20(3,4)19(24)25/h5-13,21H,1-4H3. The van der Waals surface area contributed by atoms with Gasteiger partial charge in [-0.1, -0.05) is 6.07 Å². The van der Waals surface area contributed by atoms with Gasteiger partial charge < -0.3 is 9.88 Å². The average molecular weight is 334 g/mol. The topological polar surface area (TPSA) is 50.2 Å². The number of aryl methyl sites for hydroxylation is 1. The summed E-state index contributed by atoms with van der Waals surface area (Å²) < 4.78 is 1.98. The van der Waals surface area contributed by atoms with E-state index in [0.29, 0.717) is 0 Å². The molecule has 5 nitrogen and oxygen atoms in total. The number of fused-ring (bicyclic) bond motifs is 1. The third-order valence-electron chi connectivity index (χ3n) is 4.94. The number of carbonyl (C=O) groups excluding carboxylic acids is 1. The smallest absolute Gasteiger partial charge is 0.241 e. The maximum absolute atomic E-state index is 13.2. The van der Waals surface area contributed by atoms with E-state index in [1.165, 1.54) is 0 Å². The third-order valence-corrected chi connectivity index (χ3v) is 4.94. The van der Waals surface area contributed by atoms with Crippen LogP contribution in [0.4, 0.5) is 5.69 Å². The lowest BCUT2D eigenvalue weighted by Gasteiger charge is -2.25. The number of hydrogen-bond acceptors (Lipinski definition) is 3. The molecule has 4 rings (SSSR count). The largest absolute Gasteiger partial charge is 0.385 e. The van der Waals surface area contributed by atoms with Gasteiger partial charge in [-0.25, -0.2) is 4.98 Å². The number of rotatable bonds is 2. The van der Waals surface area contributed by atoms with Crippen LogP contribution in [0.5, 0.6) is 0 Å². The van der Waals surface area contributed by atoms with Crippen LogP contribution in [0, 0.1) is 6.92 Å². The number of dihydropyridines is 1. The zero-order valence-corrected chi connectivity index (χ0v) is 14.9. The van der Waals surface area contributed by atoms with E-state index in [4.69, 9.17) is 0 Å². The highest BCUT2D eigenvalue weighted by Gasteiger charge is 2.45. The number of allylic oxidation sites excluding steroid dienone is 1. The van der Waals surface area contributed by atoms with Gasteiger partial charge in [-0.2, -0.15) is 0 Å². The average Bonchev–Trinajstić information content (AvgIpc) is 3.08. The Morgan fingerprint density at radius 3 is 2.76 bits per heavy atom. The van der Waals surface area contributed by atoms with Gasteiger partial charge in [-0.15, -0.1) is 0 Å². The van der Waals surface area contributed by atoms with Crippen LogP contribution >= 0.6 is 0 Å². The second kappa shape index (κ2) is 5.34. The lowest BCUT2D eigenvalue weighted by molar-refractivity contribution is -0.121. The van der Waals surface area contributed by atoms with Crippen LogP contribution in [-0.4, -0.2) is 21.5 Å². The van der Waals surface area contributed by atoms with Gasteiger partial charge >= 0.3 is 0 Å². The van der Waals surface area contributed by atoms with Crippen molar-refractivity contribution in [2.24, 2.45) is 0 Å². The van der Waals surface area contributed by atoms with E-state index in [0.717, 1.165) is 28.3 Å². The third kappa shape index (κ3) is 2.38. The lowest BCUT2D eigenvalue weighted by Crippen LogP contribution is -2.37. The molecule has 128 valence electrons. The Balaban J connectivity index is 1.86. The molecule has 5 heteroatoms. The van der Waals surface area contributed by atoms with Crippen LogP contribution in [0.15, 0.2) is 54.8 Å². The Kier molecular flexibility index (Phi) is 3.35. The molecule has 0 spiro atoms. The summed E-state index contributed by atoms with van der Waals surface area (Å²) in [4.78, 5) is 19.3. The number of carbonyl (C=O) groups is 1. The van der Waals surface area contributed by atoms with Crippen LogP contribution in [0.1, 0.15) is 32.0 Å². The summed E-state index contributed by atoms with van der Waals surface area (Å²) in [5.74, 6) is 0.103. The summed E-state index contributed by atoms with van der Waals surface area (Å²) in [6, 6.07) is 6.38. The number of benzene rings is 1. The predicted molar refractivity (Wildman–Crippen MR) is 98.6 cm³/mol. The normalized spacial score (nSPS) is 21.1. The molecule has 1 amide bonds. The molecule has 25 heavy (non-hydrogen) atoms. The number of imidazole rings is 1. The van der Waals surface area contributed by atoms with Crippen LogP contribution in [0.3, 0.4) is 0 Å². The number of aromatic nitrogens is 2. The monoisotopic (exact) mass is 334 g/mol. The molecule has 0 saturated heterocycles. The molecule has 0 radical (unpaired) electrons. The molecule has 0 saturated carbocycles. The van der Waals surface area contributed by atoms with Crippen LogP contribution in [-0.2, 0) is 10.2 Å². The molecule has 1 aromatic heterocycles. The Hall–Kier alpha value is -2.82. The minimum absolute atomic E-state index is 0.103. The maximum atomic E-state index is 13.2. The first kappa shape index (κ1) is 15.7. The van der Waals surface area contributed by atoms with Crippen LogP contribution in [0.2, 0.25) is 0 Å². The molecule has 1 atom stereocenters. The molecular weight excluding hydrogens is 312 g/mol. The number of nitrogens with one attached hydrogen (secondary N) is 1. The number of nitrogens with zero attached hydrogens (tertiary/aromatic N) is 3. The van der Waals surface area contributed by atoms with Crippen molar-refractivity contribution in [2.75, 3.05) is 4.90 Å². The van der Waals surface area contributed by atoms with E-state index in [9.17, 15) is 4.79 Å². The summed E-state index contributed by atoms with van der Waals surface area (Å²) in [5.41, 5.74) is 4.35. The van der Waals surface area contributed by atoms with Gasteiger partial charge in [0.25, 0.3) is 0 Å². The Morgan fingerprint density at radius 2 is 2.08 bits per heavy atom. The van der Waals surface area contributed by atoms with Gasteiger partial charge in [0.2, 0.25) is 5.91 Å². The molecule has 1 aromatic carbocycles. The quantitative estimate of drug-likeness (QED) is 0.917. The van der Waals surface area contributed by atoms with Gasteiger partial charge in [0.15, 0.2) is 0 Å². The molecule has 1 N–H and O–H groups in total. The Bertz CT molecular complexity index is 920. The van der Waals surface area contributed by atoms with E-state index < -0.39 is 5.41 Å². The fourth-order valence-corrected chi connectivity index (χ4v) is 3.51. The molecule has 1 unspecified atom stereocenters. The summed E-state index contributed by atoms with van der Waals surface area (Å²) >= 11 is 0. The number of hydrogen-bond donors (Lipinski definition) is 1. The lowest BCUT2D eigenvalue weighted by atomic mass is 9.86. The van der Waals surface area contributed by atoms with E-state index >= 15 is 0 Å². The fraction of sp³-hybridized carbons (Fsp3) is 0.300. The van der Waals surface area contributed by atoms with Crippen LogP contribution in [0.25, 0.3) is 5.69 Å². The van der Waals surface area contributed by atoms with Gasteiger partial charge in [-0.3, -0.25) is 9.69 Å². The molecule has 2 aromatic rings.